The lowest BCUT2D eigenvalue weighted by atomic mass is 10.3. The van der Waals surface area contributed by atoms with Gasteiger partial charge in [0.1, 0.15) is 5.15 Å². The van der Waals surface area contributed by atoms with E-state index in [0.29, 0.717) is 16.9 Å². The molecule has 5 nitrogen and oxygen atoms in total. The molecule has 0 saturated heterocycles. The number of esters is 1. The monoisotopic (exact) mass is 271 g/mol. The molecule has 17 heavy (non-hydrogen) atoms. The van der Waals surface area contributed by atoms with Crippen molar-refractivity contribution in [3.8, 4) is 5.13 Å². The number of aromatic nitrogens is 3. The average Bonchev–Trinajstić information content (AvgIpc) is 2.87. The summed E-state index contributed by atoms with van der Waals surface area (Å²) in [6, 6.07) is 0. The summed E-state index contributed by atoms with van der Waals surface area (Å²) >= 11 is 7.11. The summed E-state index contributed by atoms with van der Waals surface area (Å²) in [5, 5.41) is 6.95. The molecule has 2 aromatic heterocycles. The molecule has 0 amide bonds. The van der Waals surface area contributed by atoms with Gasteiger partial charge in [0.05, 0.1) is 19.2 Å². The molecule has 0 atom stereocenters. The van der Waals surface area contributed by atoms with Crippen molar-refractivity contribution in [1.29, 1.82) is 0 Å². The zero-order chi connectivity index (χ0) is 12.3. The van der Waals surface area contributed by atoms with Gasteiger partial charge in [0.15, 0.2) is 0 Å². The number of hydrogen-bond donors (Lipinski definition) is 0. The zero-order valence-electron chi connectivity index (χ0n) is 9.09. The first-order valence-corrected chi connectivity index (χ1v) is 6.25. The summed E-state index contributed by atoms with van der Waals surface area (Å²) in [6.45, 7) is 2.16. The average molecular weight is 272 g/mol. The van der Waals surface area contributed by atoms with Crippen LogP contribution in [0.1, 0.15) is 12.5 Å². The molecular formula is C10H10ClN3O2S. The van der Waals surface area contributed by atoms with E-state index in [0.717, 1.165) is 5.56 Å². The number of ether oxygens (including phenoxy) is 1. The summed E-state index contributed by atoms with van der Waals surface area (Å²) in [4.78, 5) is 15.3. The highest BCUT2D eigenvalue weighted by Crippen LogP contribution is 2.18. The number of carbonyl (C=O) groups is 1. The van der Waals surface area contributed by atoms with Crippen molar-refractivity contribution in [2.75, 3.05) is 6.61 Å². The highest BCUT2D eigenvalue weighted by atomic mass is 35.5. The maximum absolute atomic E-state index is 11.3. The lowest BCUT2D eigenvalue weighted by Gasteiger charge is -1.98. The SMILES string of the molecule is CCOC(=O)Cc1cnn(-c2nc(Cl)cs2)c1. The van der Waals surface area contributed by atoms with Crippen molar-refractivity contribution in [2.45, 2.75) is 13.3 Å². The third kappa shape index (κ3) is 3.04. The van der Waals surface area contributed by atoms with Crippen molar-refractivity contribution in [3.05, 3.63) is 28.5 Å². The molecular weight excluding hydrogens is 262 g/mol. The normalized spacial score (nSPS) is 10.5. The molecule has 0 aliphatic carbocycles. The Morgan fingerprint density at radius 3 is 3.12 bits per heavy atom. The van der Waals surface area contributed by atoms with Crippen LogP contribution in [-0.4, -0.2) is 27.3 Å². The Bertz CT molecular complexity index is 523. The van der Waals surface area contributed by atoms with Gasteiger partial charge in [-0.25, -0.2) is 9.67 Å². The van der Waals surface area contributed by atoms with Crippen LogP contribution < -0.4 is 0 Å². The van der Waals surface area contributed by atoms with Gasteiger partial charge in [-0.2, -0.15) is 5.10 Å². The number of hydrogen-bond acceptors (Lipinski definition) is 5. The molecule has 0 aromatic carbocycles. The first-order chi connectivity index (χ1) is 8.19. The Labute approximate surface area is 107 Å². The molecule has 0 unspecified atom stereocenters. The lowest BCUT2D eigenvalue weighted by Crippen LogP contribution is -2.06. The smallest absolute Gasteiger partial charge is 0.310 e. The van der Waals surface area contributed by atoms with E-state index in [1.54, 1.807) is 29.4 Å². The first-order valence-electron chi connectivity index (χ1n) is 4.99. The van der Waals surface area contributed by atoms with Gasteiger partial charge in [-0.3, -0.25) is 4.79 Å². The van der Waals surface area contributed by atoms with E-state index >= 15 is 0 Å². The fourth-order valence-corrected chi connectivity index (χ4v) is 2.16. The lowest BCUT2D eigenvalue weighted by molar-refractivity contribution is -0.142. The van der Waals surface area contributed by atoms with Gasteiger partial charge >= 0.3 is 5.97 Å². The van der Waals surface area contributed by atoms with Crippen LogP contribution in [0, 0.1) is 0 Å². The molecule has 0 N–H and O–H groups in total. The van der Waals surface area contributed by atoms with E-state index < -0.39 is 0 Å². The number of thiazole rings is 1. The largest absolute Gasteiger partial charge is 0.466 e. The predicted molar refractivity (Wildman–Crippen MR) is 64.6 cm³/mol. The van der Waals surface area contributed by atoms with Gasteiger partial charge in [-0.05, 0) is 6.92 Å². The van der Waals surface area contributed by atoms with Gasteiger partial charge in [0, 0.05) is 17.1 Å². The molecule has 0 aliphatic heterocycles. The van der Waals surface area contributed by atoms with Gasteiger partial charge in [-0.15, -0.1) is 11.3 Å². The quantitative estimate of drug-likeness (QED) is 0.799. The van der Waals surface area contributed by atoms with Crippen molar-refractivity contribution in [1.82, 2.24) is 14.8 Å². The van der Waals surface area contributed by atoms with Crippen LogP contribution in [0.3, 0.4) is 0 Å². The summed E-state index contributed by atoms with van der Waals surface area (Å²) in [5.74, 6) is -0.260. The van der Waals surface area contributed by atoms with Crippen LogP contribution in [0.15, 0.2) is 17.8 Å². The minimum absolute atomic E-state index is 0.215. The van der Waals surface area contributed by atoms with Crippen LogP contribution in [0.2, 0.25) is 5.15 Å². The second-order valence-corrected chi connectivity index (χ2v) is 4.45. The molecule has 0 spiro atoms. The Hall–Kier alpha value is -1.40. The minimum atomic E-state index is -0.260. The molecule has 0 bridgehead atoms. The van der Waals surface area contributed by atoms with Crippen molar-refractivity contribution >= 4 is 28.9 Å². The van der Waals surface area contributed by atoms with Crippen LogP contribution in [0.5, 0.6) is 0 Å². The highest BCUT2D eigenvalue weighted by molar-refractivity contribution is 7.12. The van der Waals surface area contributed by atoms with Crippen LogP contribution >= 0.6 is 22.9 Å². The molecule has 0 radical (unpaired) electrons. The maximum Gasteiger partial charge on any atom is 0.310 e. The van der Waals surface area contributed by atoms with Crippen molar-refractivity contribution in [3.63, 3.8) is 0 Å². The van der Waals surface area contributed by atoms with Crippen LogP contribution in [0.25, 0.3) is 5.13 Å². The fourth-order valence-electron chi connectivity index (χ4n) is 1.29. The van der Waals surface area contributed by atoms with Crippen molar-refractivity contribution in [2.24, 2.45) is 0 Å². The van der Waals surface area contributed by atoms with Gasteiger partial charge < -0.3 is 4.74 Å². The van der Waals surface area contributed by atoms with Gasteiger partial charge in [-0.1, -0.05) is 11.6 Å². The summed E-state index contributed by atoms with van der Waals surface area (Å²) in [6.07, 6.45) is 3.57. The second kappa shape index (κ2) is 5.29. The highest BCUT2D eigenvalue weighted by Gasteiger charge is 2.09. The van der Waals surface area contributed by atoms with E-state index in [1.165, 1.54) is 11.3 Å². The Morgan fingerprint density at radius 1 is 1.65 bits per heavy atom. The number of carbonyl (C=O) groups excluding carboxylic acids is 1. The topological polar surface area (TPSA) is 57.0 Å². The molecule has 2 heterocycles. The second-order valence-electron chi connectivity index (χ2n) is 3.23. The molecule has 2 rings (SSSR count). The van der Waals surface area contributed by atoms with Gasteiger partial charge in [0.2, 0.25) is 5.13 Å². The van der Waals surface area contributed by atoms with Crippen LogP contribution in [0.4, 0.5) is 0 Å². The van der Waals surface area contributed by atoms with E-state index in [4.69, 9.17) is 16.3 Å². The van der Waals surface area contributed by atoms with E-state index in [1.807, 2.05) is 0 Å². The molecule has 0 saturated carbocycles. The molecule has 0 fully saturated rings. The van der Waals surface area contributed by atoms with Crippen LogP contribution in [-0.2, 0) is 16.0 Å². The third-order valence-electron chi connectivity index (χ3n) is 1.95. The molecule has 7 heteroatoms. The van der Waals surface area contributed by atoms with Gasteiger partial charge in [0.25, 0.3) is 0 Å². The molecule has 0 aliphatic rings. The summed E-state index contributed by atoms with van der Waals surface area (Å²) < 4.78 is 6.44. The summed E-state index contributed by atoms with van der Waals surface area (Å²) in [7, 11) is 0. The minimum Gasteiger partial charge on any atom is -0.466 e. The number of rotatable bonds is 4. The number of nitrogens with zero attached hydrogens (tertiary/aromatic N) is 3. The Kier molecular flexibility index (Phi) is 3.75. The predicted octanol–water partition coefficient (Wildman–Crippen LogP) is 2.09. The first kappa shape index (κ1) is 12.1. The number of halogens is 1. The van der Waals surface area contributed by atoms with Crippen molar-refractivity contribution < 1.29 is 9.53 Å². The zero-order valence-corrected chi connectivity index (χ0v) is 10.7. The molecule has 90 valence electrons. The maximum atomic E-state index is 11.3. The third-order valence-corrected chi connectivity index (χ3v) is 3.10. The Morgan fingerprint density at radius 2 is 2.47 bits per heavy atom. The Balaban J connectivity index is 2.08. The van der Waals surface area contributed by atoms with E-state index in [2.05, 4.69) is 10.1 Å². The fraction of sp³-hybridized carbons (Fsp3) is 0.300. The van der Waals surface area contributed by atoms with E-state index in [-0.39, 0.29) is 12.4 Å². The van der Waals surface area contributed by atoms with E-state index in [9.17, 15) is 4.79 Å². The standard InChI is InChI=1S/C10H10ClN3O2S/c1-2-16-9(15)3-7-4-12-14(5-7)10-13-8(11)6-17-10/h4-6H,2-3H2,1H3. The summed E-state index contributed by atoms with van der Waals surface area (Å²) in [5.41, 5.74) is 0.787. The molecule has 2 aromatic rings.